The van der Waals surface area contributed by atoms with Crippen LogP contribution in [0.15, 0.2) is 60.7 Å². The van der Waals surface area contributed by atoms with Gasteiger partial charge in [-0.25, -0.2) is 8.42 Å². The Morgan fingerprint density at radius 2 is 0.840 bits per heavy atom. The molecule has 0 radical (unpaired) electrons. The van der Waals surface area contributed by atoms with Crippen LogP contribution in [0, 0.1) is 13.8 Å². The summed E-state index contributed by atoms with van der Waals surface area (Å²) >= 11 is 0. The van der Waals surface area contributed by atoms with Crippen molar-refractivity contribution in [3.8, 4) is 0 Å². The molecule has 3 nitrogen and oxygen atoms in total. The Kier molecular flexibility index (Phi) is 22.7. The highest BCUT2D eigenvalue weighted by molar-refractivity contribution is 7.89. The minimum atomic E-state index is -2.67. The molecule has 0 bridgehead atoms. The summed E-state index contributed by atoms with van der Waals surface area (Å²) in [6.07, 6.45) is 2.32. The van der Waals surface area contributed by atoms with Crippen molar-refractivity contribution in [2.24, 2.45) is 0 Å². The fourth-order valence-corrected chi connectivity index (χ4v) is 1.07. The van der Waals surface area contributed by atoms with Gasteiger partial charge in [0.05, 0.1) is 0 Å². The lowest BCUT2D eigenvalue weighted by Gasteiger charge is -1.82. The molecule has 25 heavy (non-hydrogen) atoms. The minimum absolute atomic E-state index is 0. The summed E-state index contributed by atoms with van der Waals surface area (Å²) in [5, 5.41) is 0. The number of carbonyl (C=O) groups excluding carboxylic acids is 1. The van der Waals surface area contributed by atoms with Crippen LogP contribution in [0.3, 0.4) is 0 Å². The van der Waals surface area contributed by atoms with E-state index in [2.05, 4.69) is 38.1 Å². The molecule has 0 spiro atoms. The van der Waals surface area contributed by atoms with Crippen LogP contribution in [0.4, 0.5) is 0 Å². The quantitative estimate of drug-likeness (QED) is 0.615. The van der Waals surface area contributed by atoms with Gasteiger partial charge in [-0.3, -0.25) is 0 Å². The van der Waals surface area contributed by atoms with Crippen molar-refractivity contribution in [1.29, 1.82) is 0 Å². The summed E-state index contributed by atoms with van der Waals surface area (Å²) in [5.74, 6) is 0.167. The number of sulfone groups is 1. The molecular weight excluding hydrogens is 332 g/mol. The van der Waals surface area contributed by atoms with Crippen LogP contribution in [0.1, 0.15) is 39.8 Å². The largest absolute Gasteiger partial charge is 0.300 e. The van der Waals surface area contributed by atoms with Crippen molar-refractivity contribution < 1.29 is 13.2 Å². The third kappa shape index (κ3) is 44.9. The molecule has 0 heterocycles. The van der Waals surface area contributed by atoms with Gasteiger partial charge >= 0.3 is 0 Å². The van der Waals surface area contributed by atoms with E-state index < -0.39 is 9.84 Å². The van der Waals surface area contributed by atoms with Crippen molar-refractivity contribution in [2.75, 3.05) is 12.5 Å². The molecule has 4 heteroatoms. The van der Waals surface area contributed by atoms with E-state index in [0.29, 0.717) is 0 Å². The normalized spacial score (nSPS) is 8.24. The van der Waals surface area contributed by atoms with Crippen molar-refractivity contribution in [1.82, 2.24) is 0 Å². The first kappa shape index (κ1) is 30.9. The highest BCUT2D eigenvalue weighted by Gasteiger charge is 1.79. The summed E-state index contributed by atoms with van der Waals surface area (Å²) in [4.78, 5) is 9.44. The van der Waals surface area contributed by atoms with E-state index in [4.69, 9.17) is 0 Å². The zero-order valence-corrected chi connectivity index (χ0v) is 15.7. The molecule has 0 saturated carbocycles. The maximum Gasteiger partial charge on any atom is 0.144 e. The lowest BCUT2D eigenvalue weighted by atomic mass is 10.2. The number of ketones is 1. The minimum Gasteiger partial charge on any atom is -0.300 e. The monoisotopic (exact) mass is 368 g/mol. The number of carbonyl (C=O) groups is 1. The van der Waals surface area contributed by atoms with Crippen LogP contribution in [0.25, 0.3) is 0 Å². The predicted molar refractivity (Wildman–Crippen MR) is 113 cm³/mol. The lowest BCUT2D eigenvalue weighted by Crippen LogP contribution is -1.86. The van der Waals surface area contributed by atoms with Gasteiger partial charge in [-0.2, -0.15) is 0 Å². The Labute approximate surface area is 156 Å². The summed E-state index contributed by atoms with van der Waals surface area (Å²) in [6.45, 7) is 7.22. The molecule has 0 saturated heterocycles. The molecule has 0 aromatic heterocycles. The van der Waals surface area contributed by atoms with Gasteiger partial charge in [0, 0.05) is 12.5 Å². The number of Topliss-reactive ketones (excluding diaryl/α,β-unsaturated/α-hetero) is 1. The number of aryl methyl sites for hydroxylation is 2. The fraction of sp³-hybridized carbons (Fsp3) is 0.381. The van der Waals surface area contributed by atoms with Gasteiger partial charge in [-0.15, -0.1) is 0 Å². The zero-order valence-electron chi connectivity index (χ0n) is 14.9. The zero-order chi connectivity index (χ0) is 18.3. The number of hydrogen-bond acceptors (Lipinski definition) is 3. The van der Waals surface area contributed by atoms with Crippen molar-refractivity contribution in [2.45, 2.75) is 42.5 Å². The van der Waals surface area contributed by atoms with Crippen LogP contribution in [0.5, 0.6) is 0 Å². The van der Waals surface area contributed by atoms with Gasteiger partial charge in [0.1, 0.15) is 15.6 Å². The third-order valence-corrected chi connectivity index (χ3v) is 1.88. The van der Waals surface area contributed by atoms with E-state index in [9.17, 15) is 13.2 Å². The van der Waals surface area contributed by atoms with Crippen LogP contribution < -0.4 is 0 Å². The summed E-state index contributed by atoms with van der Waals surface area (Å²) in [5.41, 5.74) is 2.64. The standard InChI is InChI=1S/2C7H8.C3H6O.C2H6O2S.2CH4/c2*1-7-5-3-2-4-6-7;1-3(2)4;1-5(2,3)4;;/h2*2-6H,1H3;1-2H3;1-2H3;2*1H4. The summed E-state index contributed by atoms with van der Waals surface area (Å²) in [7, 11) is -2.67. The fourth-order valence-electron chi connectivity index (χ4n) is 1.07. The first-order valence-corrected chi connectivity index (χ1v) is 9.47. The Morgan fingerprint density at radius 1 is 0.680 bits per heavy atom. The molecule has 2 aromatic carbocycles. The van der Waals surface area contributed by atoms with Crippen LogP contribution in [0.2, 0.25) is 0 Å². The Balaban J connectivity index is -0.000000118. The Morgan fingerprint density at radius 3 is 0.920 bits per heavy atom. The predicted octanol–water partition coefficient (Wildman–Crippen LogP) is 5.52. The molecule has 0 amide bonds. The van der Waals surface area contributed by atoms with Gasteiger partial charge in [0.2, 0.25) is 0 Å². The smallest absolute Gasteiger partial charge is 0.144 e. The first-order chi connectivity index (χ1) is 10.5. The van der Waals surface area contributed by atoms with Gasteiger partial charge in [0.25, 0.3) is 0 Å². The van der Waals surface area contributed by atoms with E-state index in [-0.39, 0.29) is 20.6 Å². The van der Waals surface area contributed by atoms with Crippen LogP contribution in [-0.2, 0) is 14.6 Å². The van der Waals surface area contributed by atoms with Gasteiger partial charge < -0.3 is 4.79 Å². The molecule has 0 atom stereocenters. The average Bonchev–Trinajstić information content (AvgIpc) is 2.38. The van der Waals surface area contributed by atoms with Gasteiger partial charge in [-0.1, -0.05) is 86.6 Å². The molecule has 0 aliphatic heterocycles. The third-order valence-electron chi connectivity index (χ3n) is 1.88. The molecular formula is C21H36O3S. The van der Waals surface area contributed by atoms with Crippen molar-refractivity contribution in [3.05, 3.63) is 71.8 Å². The second-order valence-electron chi connectivity index (χ2n) is 5.36. The number of hydrogen-bond donors (Lipinski definition) is 0. The van der Waals surface area contributed by atoms with Crippen LogP contribution >= 0.6 is 0 Å². The van der Waals surface area contributed by atoms with E-state index in [0.717, 1.165) is 12.5 Å². The van der Waals surface area contributed by atoms with E-state index in [1.807, 2.05) is 36.4 Å². The Hall–Kier alpha value is -1.94. The van der Waals surface area contributed by atoms with E-state index in [1.165, 1.54) is 25.0 Å². The number of benzene rings is 2. The molecule has 0 fully saturated rings. The molecule has 0 unspecified atom stereocenters. The van der Waals surface area contributed by atoms with Crippen molar-refractivity contribution >= 4 is 15.6 Å². The lowest BCUT2D eigenvalue weighted by molar-refractivity contribution is -0.114. The molecule has 0 N–H and O–H groups in total. The summed E-state index contributed by atoms with van der Waals surface area (Å²) < 4.78 is 19.3. The number of rotatable bonds is 0. The maximum atomic E-state index is 9.63. The first-order valence-electron chi connectivity index (χ1n) is 7.18. The molecule has 0 aliphatic rings. The SMILES string of the molecule is C.C.CC(C)=O.CS(C)(=O)=O.Cc1ccccc1.Cc1ccccc1. The van der Waals surface area contributed by atoms with Gasteiger partial charge in [-0.05, 0) is 27.7 Å². The van der Waals surface area contributed by atoms with E-state index >= 15 is 0 Å². The second kappa shape index (κ2) is 18.4. The molecule has 2 rings (SSSR count). The maximum absolute atomic E-state index is 9.63. The van der Waals surface area contributed by atoms with Crippen molar-refractivity contribution in [3.63, 3.8) is 0 Å². The highest BCUT2D eigenvalue weighted by atomic mass is 32.2. The van der Waals surface area contributed by atoms with Gasteiger partial charge in [0.15, 0.2) is 0 Å². The Bertz CT molecular complexity index is 569. The molecule has 2 aromatic rings. The van der Waals surface area contributed by atoms with Crippen LogP contribution in [-0.4, -0.2) is 26.7 Å². The van der Waals surface area contributed by atoms with E-state index in [1.54, 1.807) is 0 Å². The topological polar surface area (TPSA) is 51.2 Å². The summed E-state index contributed by atoms with van der Waals surface area (Å²) in [6, 6.07) is 20.5. The molecule has 144 valence electrons. The second-order valence-corrected chi connectivity index (χ2v) is 7.65. The highest BCUT2D eigenvalue weighted by Crippen LogP contribution is 1.92. The average molecular weight is 369 g/mol. The molecule has 0 aliphatic carbocycles.